The van der Waals surface area contributed by atoms with Gasteiger partial charge in [0, 0.05) is 106 Å². The maximum Gasteiger partial charge on any atom is 0.0998 e. The molecule has 22 aromatic rings. The van der Waals surface area contributed by atoms with Crippen LogP contribution >= 0.6 is 0 Å². The highest BCUT2D eigenvalue weighted by Gasteiger charge is 2.28. The predicted molar refractivity (Wildman–Crippen MR) is 434 cm³/mol. The number of nitrogens with zero attached hydrogens (tertiary/aromatic N) is 10. The Hall–Kier alpha value is -14.8. The molecular formula is C96H56N10. The van der Waals surface area contributed by atoms with Crippen LogP contribution in [0, 0.1) is 22.7 Å². The number of fused-ring (bicyclic) bond motifs is 18. The van der Waals surface area contributed by atoms with E-state index in [1.54, 1.807) is 12.4 Å². The van der Waals surface area contributed by atoms with Gasteiger partial charge in [0.25, 0.3) is 0 Å². The average Bonchev–Trinajstić information content (AvgIpc) is 1.55. The van der Waals surface area contributed by atoms with Crippen molar-refractivity contribution in [2.75, 3.05) is 0 Å². The lowest BCUT2D eigenvalue weighted by atomic mass is 10.0. The van der Waals surface area contributed by atoms with E-state index in [-0.39, 0.29) is 0 Å². The Balaban J connectivity index is 0.778. The molecule has 10 nitrogen and oxygen atoms in total. The van der Waals surface area contributed by atoms with E-state index in [1.807, 2.05) is 54.9 Å². The minimum Gasteiger partial charge on any atom is -0.307 e. The second kappa shape index (κ2) is 22.8. The highest BCUT2D eigenvalue weighted by atomic mass is 15.1. The fourth-order valence-electron chi connectivity index (χ4n) is 17.6. The lowest BCUT2D eigenvalue weighted by Gasteiger charge is -2.18. The number of hydrogen-bond acceptors (Lipinski definition) is 4. The molecule has 0 amide bonds. The Kier molecular flexibility index (Phi) is 12.7. The number of aromatic nitrogens is 8. The van der Waals surface area contributed by atoms with E-state index in [1.165, 1.54) is 21.5 Å². The monoisotopic (exact) mass is 1350 g/mol. The molecule has 0 unspecified atom stereocenters. The summed E-state index contributed by atoms with van der Waals surface area (Å²) in [4.78, 5) is 8.76. The number of nitriles is 2. The zero-order valence-corrected chi connectivity index (χ0v) is 56.8. The molecule has 22 rings (SSSR count). The Morgan fingerprint density at radius 2 is 0.585 bits per heavy atom. The van der Waals surface area contributed by atoms with Gasteiger partial charge in [0.1, 0.15) is 0 Å². The van der Waals surface area contributed by atoms with Gasteiger partial charge in [0.15, 0.2) is 0 Å². The molecule has 0 radical (unpaired) electrons. The van der Waals surface area contributed by atoms with Crippen LogP contribution in [-0.4, -0.2) is 37.4 Å². The summed E-state index contributed by atoms with van der Waals surface area (Å²) in [7, 11) is 0. The molecule has 10 heteroatoms. The number of pyridine rings is 2. The summed E-state index contributed by atoms with van der Waals surface area (Å²) in [5, 5.41) is 35.4. The van der Waals surface area contributed by atoms with Gasteiger partial charge in [0.05, 0.1) is 112 Å². The summed E-state index contributed by atoms with van der Waals surface area (Å²) in [6.45, 7) is 0. The van der Waals surface area contributed by atoms with Crippen LogP contribution in [0.5, 0.6) is 0 Å². The summed E-state index contributed by atoms with van der Waals surface area (Å²) >= 11 is 0. The average molecular weight is 1350 g/mol. The van der Waals surface area contributed by atoms with Gasteiger partial charge in [-0.1, -0.05) is 176 Å². The predicted octanol–water partition coefficient (Wildman–Crippen LogP) is 23.8. The first-order chi connectivity index (χ1) is 52.5. The molecule has 106 heavy (non-hydrogen) atoms. The summed E-state index contributed by atoms with van der Waals surface area (Å²) < 4.78 is 14.6. The first-order valence-electron chi connectivity index (χ1n) is 35.6. The van der Waals surface area contributed by atoms with Gasteiger partial charge in [-0.15, -0.1) is 0 Å². The molecule has 0 aliphatic heterocycles. The fourth-order valence-corrected chi connectivity index (χ4v) is 17.6. The van der Waals surface area contributed by atoms with Crippen LogP contribution in [0.2, 0.25) is 0 Å². The first kappa shape index (κ1) is 58.9. The van der Waals surface area contributed by atoms with E-state index in [0.717, 1.165) is 177 Å². The topological polar surface area (TPSA) is 103 Å². The van der Waals surface area contributed by atoms with Crippen LogP contribution < -0.4 is 0 Å². The minimum absolute atomic E-state index is 0.554. The summed E-state index contributed by atoms with van der Waals surface area (Å²) in [5.74, 6) is 0. The lowest BCUT2D eigenvalue weighted by molar-refractivity contribution is 1.11. The zero-order chi connectivity index (χ0) is 69.8. The maximum atomic E-state index is 11.0. The van der Waals surface area contributed by atoms with E-state index < -0.39 is 0 Å². The van der Waals surface area contributed by atoms with Crippen molar-refractivity contribution in [1.82, 2.24) is 37.4 Å². The molecule has 0 saturated heterocycles. The third-order valence-corrected chi connectivity index (χ3v) is 22.0. The van der Waals surface area contributed by atoms with E-state index in [0.29, 0.717) is 11.1 Å². The van der Waals surface area contributed by atoms with Crippen molar-refractivity contribution in [3.8, 4) is 79.6 Å². The first-order valence-corrected chi connectivity index (χ1v) is 35.6. The summed E-state index contributed by atoms with van der Waals surface area (Å²) in [6, 6.07) is 119. The van der Waals surface area contributed by atoms with E-state index in [4.69, 9.17) is 0 Å². The number of benzene rings is 14. The molecule has 0 saturated carbocycles. The van der Waals surface area contributed by atoms with Crippen LogP contribution in [0.1, 0.15) is 11.1 Å². The van der Waals surface area contributed by atoms with Crippen molar-refractivity contribution in [2.45, 2.75) is 0 Å². The molecule has 0 spiro atoms. The molecule has 14 aromatic carbocycles. The fraction of sp³-hybridized carbons (Fsp3) is 0. The van der Waals surface area contributed by atoms with Crippen LogP contribution in [0.3, 0.4) is 0 Å². The number of hydrogen-bond donors (Lipinski definition) is 0. The van der Waals surface area contributed by atoms with Crippen LogP contribution in [-0.2, 0) is 0 Å². The van der Waals surface area contributed by atoms with Crippen molar-refractivity contribution >= 4 is 131 Å². The summed E-state index contributed by atoms with van der Waals surface area (Å²) in [5.41, 5.74) is 25.6. The Morgan fingerprint density at radius 1 is 0.217 bits per heavy atom. The van der Waals surface area contributed by atoms with Gasteiger partial charge in [-0.05, 0) is 167 Å². The molecule has 0 aliphatic rings. The Bertz CT molecular complexity index is 7500. The van der Waals surface area contributed by atoms with E-state index in [2.05, 4.69) is 322 Å². The van der Waals surface area contributed by atoms with E-state index >= 15 is 0 Å². The maximum absolute atomic E-state index is 11.0. The van der Waals surface area contributed by atoms with Crippen molar-refractivity contribution in [3.05, 3.63) is 351 Å². The van der Waals surface area contributed by atoms with E-state index in [9.17, 15) is 10.5 Å². The molecule has 0 bridgehead atoms. The molecule has 0 fully saturated rings. The van der Waals surface area contributed by atoms with Crippen molar-refractivity contribution in [1.29, 1.82) is 10.5 Å². The van der Waals surface area contributed by atoms with Gasteiger partial charge in [-0.25, -0.2) is 0 Å². The molecule has 0 N–H and O–H groups in total. The minimum atomic E-state index is 0.554. The number of rotatable bonds is 9. The SMILES string of the molecule is N#Cc1cc(-c2ccncc2)cc(-n2c3c(-n4c5ccccc5c5ccccc54)cccc3c3cccc(-n4c5ccccc5c5cc(-c6ccc7c8ccccc8n(-c8cccc9c%10cccc(-n%11c%12ccccc%12c%12ccccc%12%11)c%10n(-c%10ccc(C#N)c(-c%11ccncc%11)c%10)c89)c7c6)ccc54)c32)c1. The van der Waals surface area contributed by atoms with Gasteiger partial charge in [-0.2, -0.15) is 10.5 Å². The molecule has 0 aliphatic carbocycles. The molecule has 0 atom stereocenters. The van der Waals surface area contributed by atoms with Gasteiger partial charge in [0.2, 0.25) is 0 Å². The quantitative estimate of drug-likeness (QED) is 0.144. The van der Waals surface area contributed by atoms with Crippen LogP contribution in [0.15, 0.2) is 340 Å². The largest absolute Gasteiger partial charge is 0.307 e. The van der Waals surface area contributed by atoms with Gasteiger partial charge >= 0.3 is 0 Å². The smallest absolute Gasteiger partial charge is 0.0998 e. The van der Waals surface area contributed by atoms with Crippen LogP contribution in [0.25, 0.3) is 198 Å². The summed E-state index contributed by atoms with van der Waals surface area (Å²) in [6.07, 6.45) is 7.20. The second-order valence-corrected chi connectivity index (χ2v) is 27.5. The zero-order valence-electron chi connectivity index (χ0n) is 56.8. The van der Waals surface area contributed by atoms with Crippen LogP contribution in [0.4, 0.5) is 0 Å². The highest BCUT2D eigenvalue weighted by Crippen LogP contribution is 2.48. The number of para-hydroxylation sites is 10. The third-order valence-electron chi connectivity index (χ3n) is 22.0. The second-order valence-electron chi connectivity index (χ2n) is 27.5. The van der Waals surface area contributed by atoms with Crippen molar-refractivity contribution in [3.63, 3.8) is 0 Å². The molecule has 490 valence electrons. The molecule has 8 aromatic heterocycles. The molecule has 8 heterocycles. The lowest BCUT2D eigenvalue weighted by Crippen LogP contribution is -2.04. The standard InChI is InChI=1S/C96H56N10/c97-57-59-51-65(60-43-47-99-48-44-60)53-67(52-59)102-95-77(25-14-34-89(95)104-83-29-9-3-19-70(83)71-20-4-10-30-84(71)104)78-26-15-35-90(96(78)102)105-86-32-12-6-22-73(86)80-54-62(39-42-87(80)105)63-38-41-74-72-21-5-11-31-85(72)106(92(74)55-63)91-36-16-24-76-75-23-13-33-88(103-81-27-7-1-17-68(81)69-18-2-8-28-82(69)103)93(75)101(94(76)91)66-40-37-64(58-98)79(56-66)61-45-49-100-50-46-61/h1-56H. The normalized spacial score (nSPS) is 11.9. The Labute approximate surface area is 606 Å². The van der Waals surface area contributed by atoms with Crippen molar-refractivity contribution < 1.29 is 0 Å². The van der Waals surface area contributed by atoms with Crippen molar-refractivity contribution in [2.24, 2.45) is 0 Å². The Morgan fingerprint density at radius 3 is 1.03 bits per heavy atom. The van der Waals surface area contributed by atoms with Gasteiger partial charge in [-0.3, -0.25) is 9.97 Å². The molecular weight excluding hydrogens is 1290 g/mol. The third kappa shape index (κ3) is 8.46. The highest BCUT2D eigenvalue weighted by molar-refractivity contribution is 6.21. The van der Waals surface area contributed by atoms with Gasteiger partial charge < -0.3 is 27.4 Å².